The molecule has 0 bridgehead atoms. The minimum atomic E-state index is -3.92. The molecule has 0 spiro atoms. The maximum atomic E-state index is 13.4. The first-order valence-electron chi connectivity index (χ1n) is 11.9. The van der Waals surface area contributed by atoms with Gasteiger partial charge in [-0.25, -0.2) is 13.2 Å². The predicted molar refractivity (Wildman–Crippen MR) is 137 cm³/mol. The molecule has 3 amide bonds. The first-order chi connectivity index (χ1) is 17.2. The van der Waals surface area contributed by atoms with Gasteiger partial charge in [0, 0.05) is 16.4 Å². The number of carbonyl (C=O) groups is 3. The molecule has 1 aliphatic heterocycles. The Labute approximate surface area is 219 Å². The summed E-state index contributed by atoms with van der Waals surface area (Å²) >= 11 is 7.21. The normalized spacial score (nSPS) is 18.2. The number of amides is 3. The van der Waals surface area contributed by atoms with Crippen molar-refractivity contribution >= 4 is 55.9 Å². The van der Waals surface area contributed by atoms with Gasteiger partial charge in [0.05, 0.1) is 17.1 Å². The molecule has 12 heteroatoms. The zero-order valence-electron chi connectivity index (χ0n) is 19.8. The number of nitrogens with zero attached hydrogens (tertiary/aromatic N) is 1. The predicted octanol–water partition coefficient (Wildman–Crippen LogP) is 4.35. The van der Waals surface area contributed by atoms with Crippen molar-refractivity contribution < 1.29 is 27.5 Å². The Balaban J connectivity index is 1.61. The number of nitrogens with one attached hydrogen (secondary N) is 2. The summed E-state index contributed by atoms with van der Waals surface area (Å²) in [6, 6.07) is 4.89. The summed E-state index contributed by atoms with van der Waals surface area (Å²) < 4.78 is 32.6. The number of hydrogen-bond donors (Lipinski definition) is 2. The minimum Gasteiger partial charge on any atom is -0.450 e. The van der Waals surface area contributed by atoms with E-state index in [0.717, 1.165) is 36.1 Å². The monoisotopic (exact) mass is 553 g/mol. The van der Waals surface area contributed by atoms with E-state index in [4.69, 9.17) is 16.3 Å². The molecule has 2 heterocycles. The maximum absolute atomic E-state index is 13.4. The van der Waals surface area contributed by atoms with Gasteiger partial charge in [0.25, 0.3) is 5.91 Å². The molecule has 1 atom stereocenters. The SMILES string of the molecule is CCOC(=O)NC(=O)c1c(NC(=O)C2CCCN2S(=O)(=O)c2ccc(Cl)cc2)sc2c1CCCCC2. The lowest BCUT2D eigenvalue weighted by Gasteiger charge is -2.23. The fourth-order valence-electron chi connectivity index (χ4n) is 4.62. The van der Waals surface area contributed by atoms with Gasteiger partial charge in [-0.3, -0.25) is 14.9 Å². The first-order valence-corrected chi connectivity index (χ1v) is 14.6. The van der Waals surface area contributed by atoms with Crippen LogP contribution < -0.4 is 10.6 Å². The second-order valence-electron chi connectivity index (χ2n) is 8.66. The molecule has 0 radical (unpaired) electrons. The fraction of sp³-hybridized carbons (Fsp3) is 0.458. The number of benzene rings is 1. The minimum absolute atomic E-state index is 0.0592. The van der Waals surface area contributed by atoms with Gasteiger partial charge < -0.3 is 10.1 Å². The van der Waals surface area contributed by atoms with E-state index < -0.39 is 34.0 Å². The van der Waals surface area contributed by atoms with E-state index in [-0.39, 0.29) is 23.6 Å². The highest BCUT2D eigenvalue weighted by Gasteiger charge is 2.40. The van der Waals surface area contributed by atoms with Crippen molar-refractivity contribution in [3.05, 3.63) is 45.3 Å². The van der Waals surface area contributed by atoms with Crippen LogP contribution in [-0.4, -0.2) is 49.8 Å². The Morgan fingerprint density at radius 2 is 1.83 bits per heavy atom. The van der Waals surface area contributed by atoms with E-state index in [2.05, 4.69) is 10.6 Å². The third-order valence-corrected chi connectivity index (χ3v) is 9.68. The Kier molecular flexibility index (Phi) is 8.34. The van der Waals surface area contributed by atoms with Crippen LogP contribution >= 0.6 is 22.9 Å². The molecule has 2 aromatic rings. The molecule has 2 N–H and O–H groups in total. The zero-order valence-corrected chi connectivity index (χ0v) is 22.2. The Morgan fingerprint density at radius 1 is 1.11 bits per heavy atom. The average Bonchev–Trinajstić information content (AvgIpc) is 3.39. The number of halogens is 1. The van der Waals surface area contributed by atoms with Gasteiger partial charge in [0.15, 0.2) is 0 Å². The lowest BCUT2D eigenvalue weighted by Crippen LogP contribution is -2.43. The Bertz CT molecular complexity index is 1260. The van der Waals surface area contributed by atoms with E-state index in [1.54, 1.807) is 6.92 Å². The van der Waals surface area contributed by atoms with Gasteiger partial charge in [0.2, 0.25) is 15.9 Å². The molecule has 194 valence electrons. The third kappa shape index (κ3) is 5.59. The van der Waals surface area contributed by atoms with Crippen molar-refractivity contribution in [1.82, 2.24) is 9.62 Å². The summed E-state index contributed by atoms with van der Waals surface area (Å²) in [7, 11) is -3.92. The molecule has 4 rings (SSSR count). The molecule has 2 aliphatic rings. The fourth-order valence-corrected chi connectivity index (χ4v) is 7.69. The van der Waals surface area contributed by atoms with Crippen molar-refractivity contribution in [2.45, 2.75) is 62.8 Å². The van der Waals surface area contributed by atoms with Crippen molar-refractivity contribution in [3.63, 3.8) is 0 Å². The van der Waals surface area contributed by atoms with Crippen LogP contribution in [0, 0.1) is 0 Å². The van der Waals surface area contributed by atoms with Crippen LogP contribution in [0.2, 0.25) is 5.02 Å². The van der Waals surface area contributed by atoms with E-state index in [1.165, 1.54) is 39.9 Å². The number of imide groups is 1. The molecule has 1 aromatic carbocycles. The highest BCUT2D eigenvalue weighted by Crippen LogP contribution is 2.38. The highest BCUT2D eigenvalue weighted by molar-refractivity contribution is 7.89. The molecule has 9 nitrogen and oxygen atoms in total. The molecule has 1 aliphatic carbocycles. The second kappa shape index (κ2) is 11.3. The molecule has 1 aromatic heterocycles. The van der Waals surface area contributed by atoms with Crippen LogP contribution in [0.3, 0.4) is 0 Å². The van der Waals surface area contributed by atoms with E-state index in [0.29, 0.717) is 29.3 Å². The van der Waals surface area contributed by atoms with Crippen LogP contribution in [0.1, 0.15) is 59.8 Å². The Morgan fingerprint density at radius 3 is 2.56 bits per heavy atom. The number of aryl methyl sites for hydroxylation is 1. The number of alkyl carbamates (subject to hydrolysis) is 1. The second-order valence-corrected chi connectivity index (χ2v) is 12.1. The summed E-state index contributed by atoms with van der Waals surface area (Å²) in [5.41, 5.74) is 1.08. The summed E-state index contributed by atoms with van der Waals surface area (Å²) in [5.74, 6) is -1.15. The number of rotatable bonds is 6. The van der Waals surface area contributed by atoms with Crippen molar-refractivity contribution in [3.8, 4) is 0 Å². The number of hydrogen-bond acceptors (Lipinski definition) is 7. The summed E-state index contributed by atoms with van der Waals surface area (Å²) in [6.45, 7) is 1.96. The average molecular weight is 554 g/mol. The van der Waals surface area contributed by atoms with Gasteiger partial charge >= 0.3 is 6.09 Å². The molecule has 36 heavy (non-hydrogen) atoms. The van der Waals surface area contributed by atoms with Crippen LogP contribution in [0.25, 0.3) is 0 Å². The molecule has 1 unspecified atom stereocenters. The largest absolute Gasteiger partial charge is 0.450 e. The van der Waals surface area contributed by atoms with Crippen LogP contribution in [0.15, 0.2) is 29.2 Å². The lowest BCUT2D eigenvalue weighted by molar-refractivity contribution is -0.119. The zero-order chi connectivity index (χ0) is 25.9. The summed E-state index contributed by atoms with van der Waals surface area (Å²) in [6.07, 6.45) is 4.35. The molecular formula is C24H28ClN3O6S2. The summed E-state index contributed by atoms with van der Waals surface area (Å²) in [4.78, 5) is 39.4. The van der Waals surface area contributed by atoms with Crippen molar-refractivity contribution in [2.75, 3.05) is 18.5 Å². The highest BCUT2D eigenvalue weighted by atomic mass is 35.5. The van der Waals surface area contributed by atoms with Gasteiger partial charge in [-0.15, -0.1) is 11.3 Å². The van der Waals surface area contributed by atoms with Gasteiger partial charge in [-0.05, 0) is 75.3 Å². The first kappa shape index (κ1) is 26.6. The molecule has 0 saturated carbocycles. The number of anilines is 1. The third-order valence-electron chi connectivity index (χ3n) is 6.30. The van der Waals surface area contributed by atoms with E-state index >= 15 is 0 Å². The van der Waals surface area contributed by atoms with E-state index in [9.17, 15) is 22.8 Å². The topological polar surface area (TPSA) is 122 Å². The number of ether oxygens (including phenoxy) is 1. The Hall–Kier alpha value is -2.47. The quantitative estimate of drug-likeness (QED) is 0.513. The van der Waals surface area contributed by atoms with Gasteiger partial charge in [-0.2, -0.15) is 4.31 Å². The van der Waals surface area contributed by atoms with Crippen LogP contribution in [-0.2, 0) is 32.4 Å². The lowest BCUT2D eigenvalue weighted by atomic mass is 10.0. The standard InChI is InChI=1S/C24H28ClN3O6S2/c1-2-34-24(31)27-22(30)20-17-7-4-3-5-9-19(17)35-23(20)26-21(29)18-8-6-14-28(18)36(32,33)16-12-10-15(25)11-13-16/h10-13,18H,2-9,14H2,1H3,(H,26,29)(H,27,30,31). The molecular weight excluding hydrogens is 526 g/mol. The number of carbonyl (C=O) groups excluding carboxylic acids is 3. The van der Waals surface area contributed by atoms with Crippen LogP contribution in [0.4, 0.5) is 9.80 Å². The smallest absolute Gasteiger partial charge is 0.414 e. The molecule has 1 saturated heterocycles. The van der Waals surface area contributed by atoms with Crippen LogP contribution in [0.5, 0.6) is 0 Å². The van der Waals surface area contributed by atoms with E-state index in [1.807, 2.05) is 0 Å². The number of sulfonamides is 1. The maximum Gasteiger partial charge on any atom is 0.414 e. The number of fused-ring (bicyclic) bond motifs is 1. The van der Waals surface area contributed by atoms with Gasteiger partial charge in [-0.1, -0.05) is 18.0 Å². The van der Waals surface area contributed by atoms with Gasteiger partial charge in [0.1, 0.15) is 11.0 Å². The summed E-state index contributed by atoms with van der Waals surface area (Å²) in [5, 5.41) is 5.79. The van der Waals surface area contributed by atoms with Crippen molar-refractivity contribution in [1.29, 1.82) is 0 Å². The van der Waals surface area contributed by atoms with Crippen molar-refractivity contribution in [2.24, 2.45) is 0 Å². The molecule has 1 fully saturated rings. The number of thiophene rings is 1.